The van der Waals surface area contributed by atoms with Crippen molar-refractivity contribution in [1.29, 1.82) is 0 Å². The molecule has 7 heteroatoms. The van der Waals surface area contributed by atoms with Gasteiger partial charge in [0.15, 0.2) is 0 Å². The Morgan fingerprint density at radius 2 is 2.10 bits per heavy atom. The number of hydrogen-bond donors (Lipinski definition) is 2. The summed E-state index contributed by atoms with van der Waals surface area (Å²) in [4.78, 5) is 4.99. The van der Waals surface area contributed by atoms with Crippen molar-refractivity contribution in [1.82, 2.24) is 10.3 Å². The number of hydrogen-bond acceptors (Lipinski definition) is 5. The molecule has 108 valence electrons. The van der Waals surface area contributed by atoms with Crippen molar-refractivity contribution in [2.24, 2.45) is 0 Å². The number of nitrogens with zero attached hydrogens (tertiary/aromatic N) is 1. The van der Waals surface area contributed by atoms with E-state index in [1.54, 1.807) is 24.5 Å². The molecule has 0 aliphatic rings. The largest absolute Gasteiger partial charge is 0.319 e. The van der Waals surface area contributed by atoms with Gasteiger partial charge in [0.1, 0.15) is 4.21 Å². The first-order valence-corrected chi connectivity index (χ1v) is 8.49. The van der Waals surface area contributed by atoms with Crippen LogP contribution in [0.5, 0.6) is 0 Å². The van der Waals surface area contributed by atoms with Gasteiger partial charge < -0.3 is 5.32 Å². The highest BCUT2D eigenvalue weighted by molar-refractivity contribution is 7.94. The number of sulfonamides is 1. The van der Waals surface area contributed by atoms with Crippen LogP contribution in [0.25, 0.3) is 0 Å². The number of rotatable bonds is 6. The number of thiophene rings is 1. The minimum atomic E-state index is -3.52. The number of nitrogens with one attached hydrogen (secondary N) is 2. The maximum absolute atomic E-state index is 12.3. The Balaban J connectivity index is 2.18. The molecule has 0 saturated carbocycles. The lowest BCUT2D eigenvalue weighted by Gasteiger charge is -2.08. The minimum absolute atomic E-state index is 0.333. The normalized spacial score (nSPS) is 11.5. The van der Waals surface area contributed by atoms with Crippen molar-refractivity contribution >= 4 is 27.0 Å². The van der Waals surface area contributed by atoms with Gasteiger partial charge in [0.05, 0.1) is 5.69 Å². The molecule has 0 aliphatic carbocycles. The second kappa shape index (κ2) is 6.34. The molecule has 0 aromatic carbocycles. The van der Waals surface area contributed by atoms with Gasteiger partial charge in [-0.3, -0.25) is 9.71 Å². The summed E-state index contributed by atoms with van der Waals surface area (Å²) in [6.45, 7) is 2.65. The van der Waals surface area contributed by atoms with Crippen LogP contribution < -0.4 is 10.0 Å². The van der Waals surface area contributed by atoms with Gasteiger partial charge in [0.25, 0.3) is 10.0 Å². The summed E-state index contributed by atoms with van der Waals surface area (Å²) in [6.07, 6.45) is 4.02. The second-order valence-electron chi connectivity index (χ2n) is 4.37. The van der Waals surface area contributed by atoms with E-state index in [9.17, 15) is 8.42 Å². The lowest BCUT2D eigenvalue weighted by molar-refractivity contribution is 0.603. The summed E-state index contributed by atoms with van der Waals surface area (Å²) in [5.74, 6) is 0. The molecule has 5 nitrogen and oxygen atoms in total. The van der Waals surface area contributed by atoms with Gasteiger partial charge in [-0.25, -0.2) is 8.42 Å². The minimum Gasteiger partial charge on any atom is -0.319 e. The predicted molar refractivity (Wildman–Crippen MR) is 81.7 cm³/mol. The number of aromatic nitrogens is 1. The van der Waals surface area contributed by atoms with Crippen LogP contribution in [-0.4, -0.2) is 27.0 Å². The molecule has 0 bridgehead atoms. The van der Waals surface area contributed by atoms with Gasteiger partial charge in [-0.05, 0) is 50.7 Å². The summed E-state index contributed by atoms with van der Waals surface area (Å²) in [7, 11) is -1.65. The zero-order valence-corrected chi connectivity index (χ0v) is 13.0. The third-order valence-electron chi connectivity index (χ3n) is 2.79. The van der Waals surface area contributed by atoms with E-state index in [4.69, 9.17) is 0 Å². The molecule has 2 rings (SSSR count). The highest BCUT2D eigenvalue weighted by Gasteiger charge is 2.17. The van der Waals surface area contributed by atoms with Crippen molar-refractivity contribution in [3.63, 3.8) is 0 Å². The van der Waals surface area contributed by atoms with Crippen molar-refractivity contribution < 1.29 is 8.42 Å². The fourth-order valence-electron chi connectivity index (χ4n) is 1.67. The summed E-state index contributed by atoms with van der Waals surface area (Å²) >= 11 is 1.30. The Kier molecular flexibility index (Phi) is 4.74. The molecule has 0 spiro atoms. The van der Waals surface area contributed by atoms with Crippen LogP contribution in [0.15, 0.2) is 34.8 Å². The van der Waals surface area contributed by atoms with E-state index >= 15 is 0 Å². The number of pyridine rings is 1. The summed E-state index contributed by atoms with van der Waals surface area (Å²) < 4.78 is 27.5. The molecular formula is C13H17N3O2S2. The van der Waals surface area contributed by atoms with E-state index in [2.05, 4.69) is 15.0 Å². The smallest absolute Gasteiger partial charge is 0.271 e. The Morgan fingerprint density at radius 1 is 1.30 bits per heavy atom. The van der Waals surface area contributed by atoms with E-state index in [1.807, 2.05) is 20.0 Å². The Bertz CT molecular complexity index is 680. The molecule has 0 radical (unpaired) electrons. The fourth-order valence-corrected chi connectivity index (χ4v) is 4.15. The zero-order chi connectivity index (χ0) is 14.6. The molecule has 20 heavy (non-hydrogen) atoms. The summed E-state index contributed by atoms with van der Waals surface area (Å²) in [6, 6.07) is 5.16. The summed E-state index contributed by atoms with van der Waals surface area (Å²) in [5, 5.41) is 3.05. The van der Waals surface area contributed by atoms with Crippen molar-refractivity contribution in [2.75, 3.05) is 18.3 Å². The Hall–Kier alpha value is -1.44. The second-order valence-corrected chi connectivity index (χ2v) is 7.45. The van der Waals surface area contributed by atoms with Crippen LogP contribution in [0.2, 0.25) is 0 Å². The molecule has 2 N–H and O–H groups in total. The SMILES string of the molecule is CNCCc1ccc(S(=O)(=O)Nc2ccncc2C)s1. The molecule has 2 heterocycles. The third-order valence-corrected chi connectivity index (χ3v) is 5.79. The van der Waals surface area contributed by atoms with Crippen LogP contribution in [0.3, 0.4) is 0 Å². The molecule has 0 saturated heterocycles. The highest BCUT2D eigenvalue weighted by atomic mass is 32.2. The Morgan fingerprint density at radius 3 is 2.80 bits per heavy atom. The van der Waals surface area contributed by atoms with Crippen LogP contribution in [0, 0.1) is 6.92 Å². The average molecular weight is 311 g/mol. The van der Waals surface area contributed by atoms with Gasteiger partial charge >= 0.3 is 0 Å². The average Bonchev–Trinajstić information content (AvgIpc) is 2.88. The van der Waals surface area contributed by atoms with Crippen LogP contribution >= 0.6 is 11.3 Å². The van der Waals surface area contributed by atoms with E-state index in [0.29, 0.717) is 9.90 Å². The van der Waals surface area contributed by atoms with Crippen molar-refractivity contribution in [2.45, 2.75) is 17.6 Å². The first kappa shape index (κ1) is 15.0. The molecule has 0 amide bonds. The van der Waals surface area contributed by atoms with Gasteiger partial charge in [0, 0.05) is 17.3 Å². The van der Waals surface area contributed by atoms with Gasteiger partial charge in [-0.1, -0.05) is 0 Å². The summed E-state index contributed by atoms with van der Waals surface area (Å²) in [5.41, 5.74) is 1.35. The third kappa shape index (κ3) is 3.56. The fraction of sp³-hybridized carbons (Fsp3) is 0.308. The quantitative estimate of drug-likeness (QED) is 0.856. The highest BCUT2D eigenvalue weighted by Crippen LogP contribution is 2.25. The molecule has 0 unspecified atom stereocenters. The molecule has 2 aromatic heterocycles. The van der Waals surface area contributed by atoms with Crippen LogP contribution in [0.4, 0.5) is 5.69 Å². The first-order valence-electron chi connectivity index (χ1n) is 6.19. The maximum atomic E-state index is 12.3. The van der Waals surface area contributed by atoms with Gasteiger partial charge in [0.2, 0.25) is 0 Å². The van der Waals surface area contributed by atoms with E-state index in [0.717, 1.165) is 23.4 Å². The van der Waals surface area contributed by atoms with Crippen LogP contribution in [0.1, 0.15) is 10.4 Å². The number of aryl methyl sites for hydroxylation is 1. The zero-order valence-electron chi connectivity index (χ0n) is 11.4. The number of likely N-dealkylation sites (N-methyl/N-ethyl adjacent to an activating group) is 1. The molecule has 0 atom stereocenters. The first-order chi connectivity index (χ1) is 9.53. The molecular weight excluding hydrogens is 294 g/mol. The maximum Gasteiger partial charge on any atom is 0.271 e. The molecule has 0 fully saturated rings. The van der Waals surface area contributed by atoms with E-state index in [-0.39, 0.29) is 0 Å². The lowest BCUT2D eigenvalue weighted by Crippen LogP contribution is -2.12. The van der Waals surface area contributed by atoms with Crippen molar-refractivity contribution in [3.8, 4) is 0 Å². The number of anilines is 1. The topological polar surface area (TPSA) is 71.1 Å². The molecule has 2 aromatic rings. The standard InChI is InChI=1S/C13H17N3O2S2/c1-10-9-15-8-6-12(10)16-20(17,18)13-4-3-11(19-13)5-7-14-2/h3-4,6,8-9,14H,5,7H2,1-2H3,(H,15,16). The lowest BCUT2D eigenvalue weighted by atomic mass is 10.3. The monoisotopic (exact) mass is 311 g/mol. The molecule has 0 aliphatic heterocycles. The van der Waals surface area contributed by atoms with E-state index in [1.165, 1.54) is 11.3 Å². The van der Waals surface area contributed by atoms with Gasteiger partial charge in [-0.2, -0.15) is 0 Å². The Labute approximate surface area is 123 Å². The predicted octanol–water partition coefficient (Wildman–Crippen LogP) is 2.01. The van der Waals surface area contributed by atoms with Crippen molar-refractivity contribution in [3.05, 3.63) is 41.0 Å². The van der Waals surface area contributed by atoms with E-state index < -0.39 is 10.0 Å². The van der Waals surface area contributed by atoms with Crippen LogP contribution in [-0.2, 0) is 16.4 Å². The van der Waals surface area contributed by atoms with Gasteiger partial charge in [-0.15, -0.1) is 11.3 Å².